The van der Waals surface area contributed by atoms with Crippen molar-refractivity contribution in [3.8, 4) is 0 Å². The number of nitrogens with zero attached hydrogens (tertiary/aromatic N) is 1. The van der Waals surface area contributed by atoms with Gasteiger partial charge in [-0.3, -0.25) is 4.90 Å². The van der Waals surface area contributed by atoms with Gasteiger partial charge in [-0.25, -0.2) is 0 Å². The molecule has 0 aromatic heterocycles. The van der Waals surface area contributed by atoms with Crippen LogP contribution in [-0.2, 0) is 4.74 Å². The minimum absolute atomic E-state index is 0.256. The summed E-state index contributed by atoms with van der Waals surface area (Å²) >= 11 is 0. The van der Waals surface area contributed by atoms with Crippen LogP contribution in [0.5, 0.6) is 0 Å². The molecule has 3 heteroatoms. The van der Waals surface area contributed by atoms with Gasteiger partial charge >= 0.3 is 0 Å². The van der Waals surface area contributed by atoms with Crippen molar-refractivity contribution in [2.45, 2.75) is 18.9 Å². The first-order valence-corrected chi connectivity index (χ1v) is 4.95. The molecule has 0 bridgehead atoms. The number of nitrogens with two attached hydrogens (primary N) is 1. The molecule has 0 radical (unpaired) electrons. The van der Waals surface area contributed by atoms with E-state index in [1.165, 1.54) is 0 Å². The summed E-state index contributed by atoms with van der Waals surface area (Å²) in [6.07, 6.45) is 6.57. The molecule has 76 valence electrons. The summed E-state index contributed by atoms with van der Waals surface area (Å²) in [6.45, 7) is 3.97. The molecule has 0 saturated carbocycles. The molecule has 0 aliphatic carbocycles. The first-order valence-electron chi connectivity index (χ1n) is 4.95. The van der Waals surface area contributed by atoms with Crippen molar-refractivity contribution >= 4 is 0 Å². The molecule has 0 fully saturated rings. The average Bonchev–Trinajstić information content (AvgIpc) is 2.16. The fourth-order valence-electron chi connectivity index (χ4n) is 1.55. The fourth-order valence-corrected chi connectivity index (χ4v) is 1.55. The van der Waals surface area contributed by atoms with Crippen molar-refractivity contribution in [3.63, 3.8) is 0 Å². The van der Waals surface area contributed by atoms with Crippen LogP contribution in [-0.4, -0.2) is 44.3 Å². The first kappa shape index (κ1) is 10.7. The lowest BCUT2D eigenvalue weighted by Gasteiger charge is -2.25. The van der Waals surface area contributed by atoms with E-state index in [0.29, 0.717) is 0 Å². The van der Waals surface area contributed by atoms with E-state index in [2.05, 4.69) is 17.1 Å². The molecule has 0 spiro atoms. The summed E-state index contributed by atoms with van der Waals surface area (Å²) in [6, 6.07) is 0.256. The highest BCUT2D eigenvalue weighted by Gasteiger charge is 2.10. The Morgan fingerprint density at radius 3 is 3.00 bits per heavy atom. The van der Waals surface area contributed by atoms with Crippen molar-refractivity contribution in [2.75, 3.05) is 33.4 Å². The van der Waals surface area contributed by atoms with Crippen LogP contribution in [0.2, 0.25) is 0 Å². The maximum atomic E-state index is 5.94. The predicted octanol–water partition coefficient (Wildman–Crippen LogP) is 0.612. The van der Waals surface area contributed by atoms with E-state index < -0.39 is 0 Å². The van der Waals surface area contributed by atoms with E-state index in [4.69, 9.17) is 10.5 Å². The van der Waals surface area contributed by atoms with Crippen molar-refractivity contribution in [3.05, 3.63) is 12.2 Å². The Morgan fingerprint density at radius 2 is 2.38 bits per heavy atom. The molecule has 0 aromatic rings. The molecule has 1 rings (SSSR count). The Bertz CT molecular complexity index is 159. The second kappa shape index (κ2) is 6.13. The molecular weight excluding hydrogens is 164 g/mol. The number of hydrogen-bond donors (Lipinski definition) is 1. The summed E-state index contributed by atoms with van der Waals surface area (Å²) in [5, 5.41) is 0. The van der Waals surface area contributed by atoms with Crippen LogP contribution in [0.3, 0.4) is 0 Å². The van der Waals surface area contributed by atoms with Crippen molar-refractivity contribution in [1.29, 1.82) is 0 Å². The highest BCUT2D eigenvalue weighted by Crippen LogP contribution is 2.02. The van der Waals surface area contributed by atoms with Crippen LogP contribution < -0.4 is 5.73 Å². The number of ether oxygens (including phenoxy) is 1. The largest absolute Gasteiger partial charge is 0.385 e. The first-order chi connectivity index (χ1) is 6.33. The molecule has 1 unspecified atom stereocenters. The van der Waals surface area contributed by atoms with Gasteiger partial charge in [0.15, 0.2) is 0 Å². The Morgan fingerprint density at radius 1 is 1.54 bits per heavy atom. The van der Waals surface area contributed by atoms with E-state index in [9.17, 15) is 0 Å². The zero-order chi connectivity index (χ0) is 9.52. The van der Waals surface area contributed by atoms with Crippen LogP contribution in [0.15, 0.2) is 12.2 Å². The van der Waals surface area contributed by atoms with Crippen molar-refractivity contribution in [1.82, 2.24) is 4.90 Å². The van der Waals surface area contributed by atoms with E-state index in [-0.39, 0.29) is 6.04 Å². The van der Waals surface area contributed by atoms with Crippen molar-refractivity contribution < 1.29 is 4.74 Å². The third-order valence-electron chi connectivity index (χ3n) is 2.33. The zero-order valence-electron chi connectivity index (χ0n) is 8.41. The summed E-state index contributed by atoms with van der Waals surface area (Å²) in [4.78, 5) is 2.39. The van der Waals surface area contributed by atoms with Gasteiger partial charge in [0.2, 0.25) is 0 Å². The highest BCUT2D eigenvalue weighted by atomic mass is 16.5. The summed E-state index contributed by atoms with van der Waals surface area (Å²) in [5.74, 6) is 0. The van der Waals surface area contributed by atoms with Crippen LogP contribution in [0, 0.1) is 0 Å². The van der Waals surface area contributed by atoms with Gasteiger partial charge in [0.1, 0.15) is 0 Å². The molecule has 13 heavy (non-hydrogen) atoms. The molecule has 0 amide bonds. The monoisotopic (exact) mass is 184 g/mol. The lowest BCUT2D eigenvalue weighted by molar-refractivity contribution is 0.177. The van der Waals surface area contributed by atoms with Crippen LogP contribution in [0.25, 0.3) is 0 Å². The van der Waals surface area contributed by atoms with Crippen LogP contribution in [0.1, 0.15) is 12.8 Å². The molecule has 1 heterocycles. The topological polar surface area (TPSA) is 38.5 Å². The Labute approximate surface area is 80.5 Å². The second-order valence-electron chi connectivity index (χ2n) is 3.56. The minimum atomic E-state index is 0.256. The highest BCUT2D eigenvalue weighted by molar-refractivity contribution is 4.91. The van der Waals surface area contributed by atoms with Gasteiger partial charge in [-0.2, -0.15) is 0 Å². The minimum Gasteiger partial charge on any atom is -0.385 e. The summed E-state index contributed by atoms with van der Waals surface area (Å²) < 4.78 is 4.99. The molecule has 2 N–H and O–H groups in total. The van der Waals surface area contributed by atoms with Gasteiger partial charge in [0.25, 0.3) is 0 Å². The number of hydrogen-bond acceptors (Lipinski definition) is 3. The summed E-state index contributed by atoms with van der Waals surface area (Å²) in [7, 11) is 1.72. The molecule has 0 saturated heterocycles. The SMILES string of the molecule is COCCC(N)CN1CC=CCC1. The van der Waals surface area contributed by atoms with Crippen LogP contribution >= 0.6 is 0 Å². The lowest BCUT2D eigenvalue weighted by atomic mass is 10.2. The van der Waals surface area contributed by atoms with Crippen molar-refractivity contribution in [2.24, 2.45) is 5.73 Å². The Kier molecular flexibility index (Phi) is 5.05. The quantitative estimate of drug-likeness (QED) is 0.636. The second-order valence-corrected chi connectivity index (χ2v) is 3.56. The van der Waals surface area contributed by atoms with E-state index in [1.54, 1.807) is 7.11 Å². The van der Waals surface area contributed by atoms with Gasteiger partial charge in [-0.15, -0.1) is 0 Å². The van der Waals surface area contributed by atoms with Gasteiger partial charge in [0.05, 0.1) is 0 Å². The maximum absolute atomic E-state index is 5.94. The third-order valence-corrected chi connectivity index (χ3v) is 2.33. The fraction of sp³-hybridized carbons (Fsp3) is 0.800. The van der Waals surface area contributed by atoms with Gasteiger partial charge in [0, 0.05) is 39.4 Å². The van der Waals surface area contributed by atoms with Crippen LogP contribution in [0.4, 0.5) is 0 Å². The van der Waals surface area contributed by atoms with E-state index in [1.807, 2.05) is 0 Å². The predicted molar refractivity (Wildman–Crippen MR) is 54.7 cm³/mol. The normalized spacial score (nSPS) is 20.5. The Hall–Kier alpha value is -0.380. The standard InChI is InChI=1S/C10H20N2O/c1-13-8-5-10(11)9-12-6-3-2-4-7-12/h2-3,10H,4-9,11H2,1H3. The van der Waals surface area contributed by atoms with E-state index in [0.717, 1.165) is 39.1 Å². The zero-order valence-corrected chi connectivity index (χ0v) is 8.41. The van der Waals surface area contributed by atoms with Gasteiger partial charge in [-0.1, -0.05) is 12.2 Å². The van der Waals surface area contributed by atoms with E-state index >= 15 is 0 Å². The number of methoxy groups -OCH3 is 1. The molecule has 3 nitrogen and oxygen atoms in total. The number of rotatable bonds is 5. The third kappa shape index (κ3) is 4.41. The molecule has 1 aliphatic rings. The maximum Gasteiger partial charge on any atom is 0.0477 e. The molecular formula is C10H20N2O. The summed E-state index contributed by atoms with van der Waals surface area (Å²) in [5.41, 5.74) is 5.94. The molecule has 1 aliphatic heterocycles. The molecule has 0 aromatic carbocycles. The average molecular weight is 184 g/mol. The lowest BCUT2D eigenvalue weighted by Crippen LogP contribution is -2.39. The smallest absolute Gasteiger partial charge is 0.0477 e. The van der Waals surface area contributed by atoms with Gasteiger partial charge < -0.3 is 10.5 Å². The van der Waals surface area contributed by atoms with Gasteiger partial charge in [-0.05, 0) is 12.8 Å². The Balaban J connectivity index is 2.11. The molecule has 1 atom stereocenters.